The molecule has 0 radical (unpaired) electrons. The van der Waals surface area contributed by atoms with Crippen molar-refractivity contribution in [2.75, 3.05) is 0 Å². The maximum Gasteiger partial charge on any atom is 0.204 e. The van der Waals surface area contributed by atoms with Crippen molar-refractivity contribution in [1.29, 1.82) is 0 Å². The lowest BCUT2D eigenvalue weighted by molar-refractivity contribution is 0.579. The maximum atomic E-state index is 14.4. The Kier molecular flexibility index (Phi) is 4.10. The van der Waals surface area contributed by atoms with E-state index in [1.165, 1.54) is 18.2 Å². The van der Waals surface area contributed by atoms with Crippen LogP contribution >= 0.6 is 39.1 Å². The van der Waals surface area contributed by atoms with E-state index in [1.807, 2.05) is 0 Å². The van der Waals surface area contributed by atoms with Crippen molar-refractivity contribution in [1.82, 2.24) is 14.8 Å². The van der Waals surface area contributed by atoms with Crippen LogP contribution < -0.4 is 0 Å². The average molecular weight is 444 g/mol. The predicted molar refractivity (Wildman–Crippen MR) is 94.8 cm³/mol. The molecule has 25 heavy (non-hydrogen) atoms. The zero-order valence-electron chi connectivity index (χ0n) is 12.3. The molecule has 0 aliphatic carbocycles. The lowest BCUT2D eigenvalue weighted by atomic mass is 9.99. The van der Waals surface area contributed by atoms with Crippen molar-refractivity contribution >= 4 is 44.8 Å². The van der Waals surface area contributed by atoms with Gasteiger partial charge in [-0.15, -0.1) is 10.2 Å². The number of aliphatic imine (C=N–C) groups is 1. The minimum atomic E-state index is -0.738. The Bertz CT molecular complexity index is 1030. The fourth-order valence-electron chi connectivity index (χ4n) is 2.74. The summed E-state index contributed by atoms with van der Waals surface area (Å²) in [6.45, 7) is 0.0737. The van der Waals surface area contributed by atoms with Gasteiger partial charge in [-0.3, -0.25) is 9.56 Å². The van der Waals surface area contributed by atoms with Gasteiger partial charge in [-0.25, -0.2) is 8.78 Å². The summed E-state index contributed by atoms with van der Waals surface area (Å²) in [5, 5.41) is 8.39. The van der Waals surface area contributed by atoms with Gasteiger partial charge in [0.25, 0.3) is 0 Å². The van der Waals surface area contributed by atoms with E-state index < -0.39 is 11.6 Å². The number of fused-ring (bicyclic) bond motifs is 3. The predicted octanol–water partition coefficient (Wildman–Crippen LogP) is 4.97. The van der Waals surface area contributed by atoms with Crippen molar-refractivity contribution in [2.45, 2.75) is 6.54 Å². The van der Waals surface area contributed by atoms with Gasteiger partial charge in [-0.1, -0.05) is 29.3 Å². The third-order valence-corrected chi connectivity index (χ3v) is 5.14. The van der Waals surface area contributed by atoms with E-state index in [0.29, 0.717) is 21.8 Å². The first kappa shape index (κ1) is 16.6. The van der Waals surface area contributed by atoms with Gasteiger partial charge in [0.1, 0.15) is 18.2 Å². The number of hydrogen-bond acceptors (Lipinski definition) is 3. The number of halogens is 5. The van der Waals surface area contributed by atoms with Crippen LogP contribution in [0, 0.1) is 11.6 Å². The Balaban J connectivity index is 2.10. The summed E-state index contributed by atoms with van der Waals surface area (Å²) < 4.78 is 30.9. The first-order valence-corrected chi connectivity index (χ1v) is 8.61. The normalized spacial score (nSPS) is 13.1. The van der Waals surface area contributed by atoms with E-state index in [0.717, 1.165) is 0 Å². The van der Waals surface area contributed by atoms with Crippen molar-refractivity contribution in [3.05, 3.63) is 73.7 Å². The number of nitrogens with zero attached hydrogens (tertiary/aromatic N) is 4. The lowest BCUT2D eigenvalue weighted by Gasteiger charge is -2.15. The Morgan fingerprint density at radius 1 is 1.00 bits per heavy atom. The van der Waals surface area contributed by atoms with E-state index in [4.69, 9.17) is 23.2 Å². The van der Waals surface area contributed by atoms with Crippen molar-refractivity contribution in [2.24, 2.45) is 4.99 Å². The standard InChI is InChI=1S/C16H7BrCl2F2N4/c17-16-24-23-11-6-22-15(12-8(20)2-1-3-9(12)21)13-10(25(11)16)5-4-7(18)14(13)19/h1-5H,6H2. The molecule has 0 bridgehead atoms. The molecule has 0 N–H and O–H groups in total. The molecule has 126 valence electrons. The molecule has 0 unspecified atom stereocenters. The highest BCUT2D eigenvalue weighted by Crippen LogP contribution is 2.36. The number of hydrogen-bond donors (Lipinski definition) is 0. The highest BCUT2D eigenvalue weighted by atomic mass is 79.9. The second kappa shape index (κ2) is 6.16. The Labute approximate surface area is 159 Å². The summed E-state index contributed by atoms with van der Waals surface area (Å²) in [5.74, 6) is -0.979. The number of rotatable bonds is 1. The molecule has 4 rings (SSSR count). The summed E-state index contributed by atoms with van der Waals surface area (Å²) in [4.78, 5) is 4.36. The van der Waals surface area contributed by atoms with Gasteiger partial charge in [0.05, 0.1) is 27.0 Å². The SMILES string of the molecule is Fc1cccc(F)c1C1=NCc2nnc(Br)n2-c2ccc(Cl)c(Cl)c21. The van der Waals surface area contributed by atoms with Crippen LogP contribution in [-0.2, 0) is 6.54 Å². The van der Waals surface area contributed by atoms with Crippen LogP contribution in [0.3, 0.4) is 0 Å². The molecule has 2 heterocycles. The van der Waals surface area contributed by atoms with Crippen LogP contribution in [0.5, 0.6) is 0 Å². The Morgan fingerprint density at radius 2 is 1.72 bits per heavy atom. The molecule has 2 aromatic carbocycles. The van der Waals surface area contributed by atoms with E-state index in [-0.39, 0.29) is 27.9 Å². The molecule has 1 aliphatic rings. The van der Waals surface area contributed by atoms with Crippen molar-refractivity contribution in [3.8, 4) is 5.69 Å². The quantitative estimate of drug-likeness (QED) is 0.533. The molecule has 0 spiro atoms. The van der Waals surface area contributed by atoms with Gasteiger partial charge >= 0.3 is 0 Å². The molecule has 4 nitrogen and oxygen atoms in total. The van der Waals surface area contributed by atoms with Crippen LogP contribution in [0.15, 0.2) is 40.1 Å². The minimum Gasteiger partial charge on any atom is -0.276 e. The zero-order chi connectivity index (χ0) is 17.7. The summed E-state index contributed by atoms with van der Waals surface area (Å²) in [7, 11) is 0. The van der Waals surface area contributed by atoms with E-state index in [1.54, 1.807) is 16.7 Å². The Hall–Kier alpha value is -1.83. The fraction of sp³-hybridized carbons (Fsp3) is 0.0625. The maximum absolute atomic E-state index is 14.4. The molecule has 0 amide bonds. The monoisotopic (exact) mass is 442 g/mol. The van der Waals surface area contributed by atoms with E-state index in [9.17, 15) is 8.78 Å². The van der Waals surface area contributed by atoms with Gasteiger partial charge in [0, 0.05) is 5.56 Å². The highest BCUT2D eigenvalue weighted by molar-refractivity contribution is 9.10. The summed E-state index contributed by atoms with van der Waals surface area (Å²) in [6, 6.07) is 6.90. The minimum absolute atomic E-state index is 0.0737. The summed E-state index contributed by atoms with van der Waals surface area (Å²) in [6.07, 6.45) is 0. The Morgan fingerprint density at radius 3 is 2.44 bits per heavy atom. The largest absolute Gasteiger partial charge is 0.276 e. The van der Waals surface area contributed by atoms with Crippen LogP contribution in [0.25, 0.3) is 5.69 Å². The van der Waals surface area contributed by atoms with Gasteiger partial charge < -0.3 is 0 Å². The van der Waals surface area contributed by atoms with Crippen LogP contribution in [-0.4, -0.2) is 20.5 Å². The van der Waals surface area contributed by atoms with Gasteiger partial charge in [-0.05, 0) is 40.2 Å². The lowest BCUT2D eigenvalue weighted by Crippen LogP contribution is -2.12. The highest BCUT2D eigenvalue weighted by Gasteiger charge is 2.28. The zero-order valence-corrected chi connectivity index (χ0v) is 15.4. The number of benzene rings is 2. The van der Waals surface area contributed by atoms with Crippen LogP contribution in [0.1, 0.15) is 17.0 Å². The molecular formula is C16H7BrCl2F2N4. The third-order valence-electron chi connectivity index (χ3n) is 3.82. The fourth-order valence-corrected chi connectivity index (χ4v) is 3.63. The topological polar surface area (TPSA) is 43.1 Å². The molecular weight excluding hydrogens is 437 g/mol. The first-order chi connectivity index (χ1) is 12.0. The molecule has 1 aromatic heterocycles. The third kappa shape index (κ3) is 2.58. The molecule has 9 heteroatoms. The molecule has 0 atom stereocenters. The van der Waals surface area contributed by atoms with Crippen LogP contribution in [0.2, 0.25) is 10.0 Å². The first-order valence-electron chi connectivity index (χ1n) is 7.06. The van der Waals surface area contributed by atoms with Crippen LogP contribution in [0.4, 0.5) is 8.78 Å². The molecule has 0 fully saturated rings. The van der Waals surface area contributed by atoms with E-state index >= 15 is 0 Å². The van der Waals surface area contributed by atoms with E-state index in [2.05, 4.69) is 31.1 Å². The van der Waals surface area contributed by atoms with Gasteiger partial charge in [-0.2, -0.15) is 0 Å². The smallest absolute Gasteiger partial charge is 0.204 e. The van der Waals surface area contributed by atoms with Crippen molar-refractivity contribution < 1.29 is 8.78 Å². The molecule has 0 saturated heterocycles. The number of aromatic nitrogens is 3. The average Bonchev–Trinajstić information content (AvgIpc) is 2.85. The molecule has 0 saturated carbocycles. The van der Waals surface area contributed by atoms with Crippen molar-refractivity contribution in [3.63, 3.8) is 0 Å². The van der Waals surface area contributed by atoms with Gasteiger partial charge in [0.2, 0.25) is 4.73 Å². The molecule has 1 aliphatic heterocycles. The summed E-state index contributed by atoms with van der Waals surface area (Å²) >= 11 is 15.9. The second-order valence-corrected chi connectivity index (χ2v) is 6.73. The van der Waals surface area contributed by atoms with Gasteiger partial charge in [0.15, 0.2) is 5.82 Å². The molecule has 3 aromatic rings. The summed E-state index contributed by atoms with van der Waals surface area (Å²) in [5.41, 5.74) is 0.663. The second-order valence-electron chi connectivity index (χ2n) is 5.24.